The highest BCUT2D eigenvalue weighted by Gasteiger charge is 2.06. The summed E-state index contributed by atoms with van der Waals surface area (Å²) in [6, 6.07) is 8.83. The summed E-state index contributed by atoms with van der Waals surface area (Å²) < 4.78 is 6.33. The minimum absolute atomic E-state index is 0.453. The lowest BCUT2D eigenvalue weighted by Gasteiger charge is -2.17. The van der Waals surface area contributed by atoms with Gasteiger partial charge in [0, 0.05) is 24.2 Å². The van der Waals surface area contributed by atoms with Crippen molar-refractivity contribution in [2.75, 3.05) is 13.7 Å². The Hall–Kier alpha value is -0.380. The average Bonchev–Trinajstić information content (AvgIpc) is 2.27. The molecule has 16 heavy (non-hydrogen) atoms. The average molecular weight is 286 g/mol. The third-order valence-electron chi connectivity index (χ3n) is 2.49. The standard InChI is InChI=1S/C13H20BrNO/c1-3-5-13(10-16-2)15-9-11-6-4-7-12(14)8-11/h4,6-8,13,15H,3,5,9-10H2,1-2H3. The van der Waals surface area contributed by atoms with Gasteiger partial charge in [-0.05, 0) is 24.1 Å². The fourth-order valence-corrected chi connectivity index (χ4v) is 2.15. The second-order valence-corrected chi connectivity index (χ2v) is 4.87. The molecule has 0 heterocycles. The van der Waals surface area contributed by atoms with Crippen LogP contribution in [0.5, 0.6) is 0 Å². The van der Waals surface area contributed by atoms with Crippen LogP contribution in [0.25, 0.3) is 0 Å². The highest BCUT2D eigenvalue weighted by molar-refractivity contribution is 9.10. The number of halogens is 1. The highest BCUT2D eigenvalue weighted by atomic mass is 79.9. The van der Waals surface area contributed by atoms with E-state index in [0.29, 0.717) is 6.04 Å². The first-order valence-corrected chi connectivity index (χ1v) is 6.52. The molecule has 1 aromatic carbocycles. The van der Waals surface area contributed by atoms with Crippen molar-refractivity contribution in [3.05, 3.63) is 34.3 Å². The molecule has 0 aliphatic carbocycles. The molecule has 0 amide bonds. The van der Waals surface area contributed by atoms with Crippen LogP contribution in [0.3, 0.4) is 0 Å². The van der Waals surface area contributed by atoms with E-state index >= 15 is 0 Å². The number of ether oxygens (including phenoxy) is 1. The van der Waals surface area contributed by atoms with Gasteiger partial charge in [0.1, 0.15) is 0 Å². The van der Waals surface area contributed by atoms with Crippen LogP contribution in [-0.2, 0) is 11.3 Å². The summed E-state index contributed by atoms with van der Waals surface area (Å²) in [5, 5.41) is 3.52. The van der Waals surface area contributed by atoms with Gasteiger partial charge in [-0.2, -0.15) is 0 Å². The Morgan fingerprint density at radius 1 is 1.44 bits per heavy atom. The van der Waals surface area contributed by atoms with E-state index in [1.54, 1.807) is 7.11 Å². The van der Waals surface area contributed by atoms with Crippen molar-refractivity contribution in [1.82, 2.24) is 5.32 Å². The quantitative estimate of drug-likeness (QED) is 0.830. The Morgan fingerprint density at radius 2 is 2.25 bits per heavy atom. The maximum Gasteiger partial charge on any atom is 0.0615 e. The lowest BCUT2D eigenvalue weighted by atomic mass is 10.1. The van der Waals surface area contributed by atoms with Crippen molar-refractivity contribution < 1.29 is 4.74 Å². The van der Waals surface area contributed by atoms with Gasteiger partial charge >= 0.3 is 0 Å². The van der Waals surface area contributed by atoms with E-state index in [1.165, 1.54) is 12.0 Å². The third-order valence-corrected chi connectivity index (χ3v) is 2.98. The number of benzene rings is 1. The van der Waals surface area contributed by atoms with Gasteiger partial charge in [0.05, 0.1) is 6.61 Å². The second kappa shape index (κ2) is 7.82. The minimum atomic E-state index is 0.453. The van der Waals surface area contributed by atoms with Gasteiger partial charge in [0.15, 0.2) is 0 Å². The topological polar surface area (TPSA) is 21.3 Å². The zero-order chi connectivity index (χ0) is 11.8. The lowest BCUT2D eigenvalue weighted by Crippen LogP contribution is -2.32. The van der Waals surface area contributed by atoms with E-state index < -0.39 is 0 Å². The molecular formula is C13H20BrNO. The molecule has 3 heteroatoms. The van der Waals surface area contributed by atoms with E-state index in [2.05, 4.69) is 46.4 Å². The van der Waals surface area contributed by atoms with E-state index in [0.717, 1.165) is 24.0 Å². The van der Waals surface area contributed by atoms with E-state index in [4.69, 9.17) is 4.74 Å². The van der Waals surface area contributed by atoms with Crippen LogP contribution in [-0.4, -0.2) is 19.8 Å². The van der Waals surface area contributed by atoms with Gasteiger partial charge in [-0.3, -0.25) is 0 Å². The first-order chi connectivity index (χ1) is 7.76. The second-order valence-electron chi connectivity index (χ2n) is 3.95. The fraction of sp³-hybridized carbons (Fsp3) is 0.538. The maximum atomic E-state index is 5.20. The van der Waals surface area contributed by atoms with Crippen molar-refractivity contribution in [2.24, 2.45) is 0 Å². The first-order valence-electron chi connectivity index (χ1n) is 5.73. The van der Waals surface area contributed by atoms with Crippen LogP contribution in [0.4, 0.5) is 0 Å². The molecule has 0 fully saturated rings. The van der Waals surface area contributed by atoms with Gasteiger partial charge in [-0.15, -0.1) is 0 Å². The van der Waals surface area contributed by atoms with Crippen LogP contribution < -0.4 is 5.32 Å². The van der Waals surface area contributed by atoms with Gasteiger partial charge in [-0.1, -0.05) is 41.4 Å². The molecule has 0 spiro atoms. The van der Waals surface area contributed by atoms with Crippen LogP contribution in [0.15, 0.2) is 28.7 Å². The molecule has 0 radical (unpaired) electrons. The molecule has 0 aromatic heterocycles. The van der Waals surface area contributed by atoms with Crippen LogP contribution in [0.2, 0.25) is 0 Å². The molecule has 1 atom stereocenters. The molecule has 1 aromatic rings. The van der Waals surface area contributed by atoms with Crippen LogP contribution >= 0.6 is 15.9 Å². The van der Waals surface area contributed by atoms with Gasteiger partial charge in [0.25, 0.3) is 0 Å². The Bertz CT molecular complexity index is 298. The molecule has 0 bridgehead atoms. The third kappa shape index (κ3) is 5.10. The smallest absolute Gasteiger partial charge is 0.0615 e. The number of nitrogens with one attached hydrogen (secondary N) is 1. The summed E-state index contributed by atoms with van der Waals surface area (Å²) in [5.74, 6) is 0. The van der Waals surface area contributed by atoms with E-state index in [1.807, 2.05) is 6.07 Å². The predicted octanol–water partition coefficient (Wildman–Crippen LogP) is 3.35. The summed E-state index contributed by atoms with van der Waals surface area (Å²) in [4.78, 5) is 0. The number of hydrogen-bond donors (Lipinski definition) is 1. The maximum absolute atomic E-state index is 5.20. The van der Waals surface area contributed by atoms with Gasteiger partial charge < -0.3 is 10.1 Å². The van der Waals surface area contributed by atoms with Crippen LogP contribution in [0.1, 0.15) is 25.3 Å². The zero-order valence-corrected chi connectivity index (χ0v) is 11.6. The Balaban J connectivity index is 2.41. The molecule has 1 N–H and O–H groups in total. The summed E-state index contributed by atoms with van der Waals surface area (Å²) in [7, 11) is 1.75. The van der Waals surface area contributed by atoms with Crippen molar-refractivity contribution in [2.45, 2.75) is 32.4 Å². The Labute approximate surface area is 107 Å². The summed E-state index contributed by atoms with van der Waals surface area (Å²) in [6.07, 6.45) is 2.33. The molecule has 0 aliphatic rings. The first kappa shape index (κ1) is 13.7. The van der Waals surface area contributed by atoms with E-state index in [9.17, 15) is 0 Å². The number of hydrogen-bond acceptors (Lipinski definition) is 2. The summed E-state index contributed by atoms with van der Waals surface area (Å²) in [5.41, 5.74) is 1.30. The van der Waals surface area contributed by atoms with Crippen molar-refractivity contribution in [3.63, 3.8) is 0 Å². The Kier molecular flexibility index (Phi) is 6.69. The monoisotopic (exact) mass is 285 g/mol. The molecule has 90 valence electrons. The number of methoxy groups -OCH3 is 1. The lowest BCUT2D eigenvalue weighted by molar-refractivity contribution is 0.161. The van der Waals surface area contributed by atoms with Gasteiger partial charge in [0.2, 0.25) is 0 Å². The predicted molar refractivity (Wildman–Crippen MR) is 71.6 cm³/mol. The van der Waals surface area contributed by atoms with E-state index in [-0.39, 0.29) is 0 Å². The van der Waals surface area contributed by atoms with Crippen molar-refractivity contribution in [1.29, 1.82) is 0 Å². The van der Waals surface area contributed by atoms with Crippen molar-refractivity contribution in [3.8, 4) is 0 Å². The van der Waals surface area contributed by atoms with Crippen molar-refractivity contribution >= 4 is 15.9 Å². The zero-order valence-electron chi connectivity index (χ0n) is 10.0. The molecule has 1 rings (SSSR count). The molecule has 0 saturated carbocycles. The molecule has 1 unspecified atom stereocenters. The minimum Gasteiger partial charge on any atom is -0.383 e. The molecule has 2 nitrogen and oxygen atoms in total. The summed E-state index contributed by atoms with van der Waals surface area (Å²) in [6.45, 7) is 3.87. The molecular weight excluding hydrogens is 266 g/mol. The normalized spacial score (nSPS) is 12.7. The molecule has 0 aliphatic heterocycles. The fourth-order valence-electron chi connectivity index (χ4n) is 1.70. The van der Waals surface area contributed by atoms with Gasteiger partial charge in [-0.25, -0.2) is 0 Å². The molecule has 0 saturated heterocycles. The highest BCUT2D eigenvalue weighted by Crippen LogP contribution is 2.11. The number of rotatable bonds is 7. The largest absolute Gasteiger partial charge is 0.383 e. The van der Waals surface area contributed by atoms with Crippen LogP contribution in [0, 0.1) is 0 Å². The summed E-state index contributed by atoms with van der Waals surface area (Å²) >= 11 is 3.48. The SMILES string of the molecule is CCCC(COC)NCc1cccc(Br)c1. The Morgan fingerprint density at radius 3 is 2.88 bits per heavy atom.